The number of halogens is 2. The van der Waals surface area contributed by atoms with E-state index in [9.17, 15) is 8.42 Å². The van der Waals surface area contributed by atoms with E-state index in [2.05, 4.69) is 13.8 Å². The van der Waals surface area contributed by atoms with E-state index >= 15 is 0 Å². The van der Waals surface area contributed by atoms with Gasteiger partial charge in [0.2, 0.25) is 0 Å². The highest BCUT2D eigenvalue weighted by Crippen LogP contribution is 2.43. The number of alkyl halides is 2. The van der Waals surface area contributed by atoms with Crippen LogP contribution in [0.15, 0.2) is 0 Å². The molecule has 0 saturated carbocycles. The molecule has 0 aliphatic carbocycles. The molecule has 2 atom stereocenters. The molecule has 0 bridgehead atoms. The van der Waals surface area contributed by atoms with Gasteiger partial charge >= 0.3 is 0 Å². The lowest BCUT2D eigenvalue weighted by atomic mass is 9.72. The maximum absolute atomic E-state index is 11.6. The van der Waals surface area contributed by atoms with Crippen LogP contribution in [0.5, 0.6) is 0 Å². The average molecular weight is 301 g/mol. The van der Waals surface area contributed by atoms with Crippen molar-refractivity contribution in [2.24, 2.45) is 17.3 Å². The third kappa shape index (κ3) is 3.74. The molecule has 1 saturated heterocycles. The van der Waals surface area contributed by atoms with Gasteiger partial charge < -0.3 is 0 Å². The molecule has 0 aromatic carbocycles. The van der Waals surface area contributed by atoms with Crippen LogP contribution >= 0.6 is 23.2 Å². The minimum atomic E-state index is -2.86. The molecule has 0 amide bonds. The zero-order chi connectivity index (χ0) is 13.1. The highest BCUT2D eigenvalue weighted by Gasteiger charge is 2.44. The van der Waals surface area contributed by atoms with E-state index in [1.54, 1.807) is 0 Å². The molecule has 1 rings (SSSR count). The Labute approximate surface area is 115 Å². The van der Waals surface area contributed by atoms with Crippen molar-refractivity contribution in [3.63, 3.8) is 0 Å². The second kappa shape index (κ2) is 6.12. The first kappa shape index (κ1) is 15.6. The fraction of sp³-hybridized carbons (Fsp3) is 1.00. The summed E-state index contributed by atoms with van der Waals surface area (Å²) in [5, 5.41) is 0. The van der Waals surface area contributed by atoms with E-state index < -0.39 is 9.84 Å². The highest BCUT2D eigenvalue weighted by molar-refractivity contribution is 7.91. The lowest BCUT2D eigenvalue weighted by Gasteiger charge is -2.37. The van der Waals surface area contributed by atoms with Gasteiger partial charge in [-0.2, -0.15) is 0 Å². The third-order valence-electron chi connectivity index (χ3n) is 4.08. The summed E-state index contributed by atoms with van der Waals surface area (Å²) in [7, 11) is -2.86. The maximum Gasteiger partial charge on any atom is 0.150 e. The number of sulfone groups is 1. The Morgan fingerprint density at radius 2 is 1.94 bits per heavy atom. The number of hydrogen-bond acceptors (Lipinski definition) is 2. The molecule has 17 heavy (non-hydrogen) atoms. The second-order valence-electron chi connectivity index (χ2n) is 5.45. The molecule has 0 radical (unpaired) electrons. The van der Waals surface area contributed by atoms with E-state index in [-0.39, 0.29) is 17.1 Å². The van der Waals surface area contributed by atoms with Crippen molar-refractivity contribution >= 4 is 33.0 Å². The zero-order valence-electron chi connectivity index (χ0n) is 10.6. The van der Waals surface area contributed by atoms with E-state index in [1.165, 1.54) is 0 Å². The monoisotopic (exact) mass is 300 g/mol. The molecule has 1 aliphatic rings. The molecular weight excluding hydrogens is 279 g/mol. The summed E-state index contributed by atoms with van der Waals surface area (Å²) in [6.07, 6.45) is 2.73. The Morgan fingerprint density at radius 1 is 1.35 bits per heavy atom. The lowest BCUT2D eigenvalue weighted by Crippen LogP contribution is -2.37. The summed E-state index contributed by atoms with van der Waals surface area (Å²) in [6, 6.07) is 0. The van der Waals surface area contributed by atoms with Gasteiger partial charge in [-0.1, -0.05) is 20.3 Å². The van der Waals surface area contributed by atoms with E-state index in [1.807, 2.05) is 0 Å². The quantitative estimate of drug-likeness (QED) is 0.705. The van der Waals surface area contributed by atoms with Gasteiger partial charge in [0.1, 0.15) is 0 Å². The van der Waals surface area contributed by atoms with Crippen molar-refractivity contribution in [3.05, 3.63) is 0 Å². The normalized spacial score (nSPS) is 26.0. The minimum Gasteiger partial charge on any atom is -0.229 e. The summed E-state index contributed by atoms with van der Waals surface area (Å²) in [6.45, 7) is 4.32. The van der Waals surface area contributed by atoms with Crippen LogP contribution in [0.25, 0.3) is 0 Å². The Balaban J connectivity index is 2.84. The van der Waals surface area contributed by atoms with E-state index in [0.29, 0.717) is 23.4 Å². The van der Waals surface area contributed by atoms with Crippen molar-refractivity contribution < 1.29 is 8.42 Å². The van der Waals surface area contributed by atoms with Gasteiger partial charge in [-0.05, 0) is 24.7 Å². The standard InChI is InChI=1S/C12H22Cl2O2S/c1-3-10(2)6-12(8-13,9-14)11-4-5-17(15,16)7-11/h10-11H,3-9H2,1-2H3. The number of rotatable bonds is 6. The van der Waals surface area contributed by atoms with Crippen LogP contribution in [0.4, 0.5) is 0 Å². The highest BCUT2D eigenvalue weighted by atomic mass is 35.5. The molecule has 1 heterocycles. The van der Waals surface area contributed by atoms with Crippen molar-refractivity contribution in [3.8, 4) is 0 Å². The van der Waals surface area contributed by atoms with Crippen LogP contribution in [-0.4, -0.2) is 31.7 Å². The Bertz CT molecular complexity index is 336. The largest absolute Gasteiger partial charge is 0.229 e. The fourth-order valence-electron chi connectivity index (χ4n) is 2.65. The molecule has 0 N–H and O–H groups in total. The minimum absolute atomic E-state index is 0.136. The van der Waals surface area contributed by atoms with Gasteiger partial charge in [0.25, 0.3) is 0 Å². The summed E-state index contributed by atoms with van der Waals surface area (Å²) < 4.78 is 23.2. The molecule has 0 spiro atoms. The predicted molar refractivity (Wildman–Crippen MR) is 74.7 cm³/mol. The molecule has 5 heteroatoms. The first-order valence-corrected chi connectivity index (χ1v) is 9.10. The summed E-state index contributed by atoms with van der Waals surface area (Å²) in [4.78, 5) is 0. The van der Waals surface area contributed by atoms with Crippen LogP contribution in [0.3, 0.4) is 0 Å². The smallest absolute Gasteiger partial charge is 0.150 e. The maximum atomic E-state index is 11.6. The first-order valence-electron chi connectivity index (χ1n) is 6.21. The Kier molecular flexibility index (Phi) is 5.61. The molecule has 102 valence electrons. The number of hydrogen-bond donors (Lipinski definition) is 0. The molecule has 2 unspecified atom stereocenters. The molecule has 0 aromatic heterocycles. The van der Waals surface area contributed by atoms with Gasteiger partial charge in [-0.3, -0.25) is 0 Å². The van der Waals surface area contributed by atoms with Gasteiger partial charge in [0, 0.05) is 17.2 Å². The van der Waals surface area contributed by atoms with Gasteiger partial charge in [-0.25, -0.2) is 8.42 Å². The Morgan fingerprint density at radius 3 is 2.29 bits per heavy atom. The van der Waals surface area contributed by atoms with Crippen molar-refractivity contribution in [1.29, 1.82) is 0 Å². The van der Waals surface area contributed by atoms with Crippen molar-refractivity contribution in [1.82, 2.24) is 0 Å². The van der Waals surface area contributed by atoms with Crippen LogP contribution in [-0.2, 0) is 9.84 Å². The second-order valence-corrected chi connectivity index (χ2v) is 8.21. The average Bonchev–Trinajstić information content (AvgIpc) is 2.66. The summed E-state index contributed by atoms with van der Waals surface area (Å²) in [5.74, 6) is 2.16. The summed E-state index contributed by atoms with van der Waals surface area (Å²) in [5.41, 5.74) is -0.206. The van der Waals surface area contributed by atoms with Crippen LogP contribution in [0.1, 0.15) is 33.1 Å². The Hall–Kier alpha value is 0.530. The SMILES string of the molecule is CCC(C)CC(CCl)(CCl)C1CCS(=O)(=O)C1. The zero-order valence-corrected chi connectivity index (χ0v) is 12.9. The van der Waals surface area contributed by atoms with E-state index in [4.69, 9.17) is 23.2 Å². The predicted octanol–water partition coefficient (Wildman–Crippen LogP) is 3.32. The van der Waals surface area contributed by atoms with E-state index in [0.717, 1.165) is 19.3 Å². The van der Waals surface area contributed by atoms with Crippen molar-refractivity contribution in [2.75, 3.05) is 23.3 Å². The molecule has 1 fully saturated rings. The van der Waals surface area contributed by atoms with Crippen molar-refractivity contribution in [2.45, 2.75) is 33.1 Å². The third-order valence-corrected chi connectivity index (χ3v) is 6.92. The molecule has 0 aromatic rings. The first-order chi connectivity index (χ1) is 7.89. The van der Waals surface area contributed by atoms with Crippen LogP contribution < -0.4 is 0 Å². The summed E-state index contributed by atoms with van der Waals surface area (Å²) >= 11 is 12.2. The molecule has 1 aliphatic heterocycles. The van der Waals surface area contributed by atoms with Gasteiger partial charge in [0.05, 0.1) is 11.5 Å². The fourth-order valence-corrected chi connectivity index (χ4v) is 5.53. The topological polar surface area (TPSA) is 34.1 Å². The van der Waals surface area contributed by atoms with Crippen LogP contribution in [0, 0.1) is 17.3 Å². The van der Waals surface area contributed by atoms with Gasteiger partial charge in [-0.15, -0.1) is 23.2 Å². The van der Waals surface area contributed by atoms with Gasteiger partial charge in [0.15, 0.2) is 9.84 Å². The van der Waals surface area contributed by atoms with Crippen LogP contribution in [0.2, 0.25) is 0 Å². The molecule has 2 nitrogen and oxygen atoms in total. The lowest BCUT2D eigenvalue weighted by molar-refractivity contribution is 0.190. The molecular formula is C12H22Cl2O2S.